The van der Waals surface area contributed by atoms with Crippen molar-refractivity contribution >= 4 is 0 Å². The second-order valence-electron chi connectivity index (χ2n) is 3.24. The molecule has 6 heteroatoms. The summed E-state index contributed by atoms with van der Waals surface area (Å²) in [6, 6.07) is 0.816. The number of hydrogen-bond donors (Lipinski definition) is 1. The van der Waals surface area contributed by atoms with Gasteiger partial charge in [0.25, 0.3) is 0 Å². The minimum absolute atomic E-state index is 0.0743. The molecule has 1 rings (SSSR count). The molecular formula is C10H9F5O. The molecule has 1 N–H and O–H groups in total. The van der Waals surface area contributed by atoms with Crippen molar-refractivity contribution in [3.8, 4) is 0 Å². The van der Waals surface area contributed by atoms with Gasteiger partial charge in [-0.3, -0.25) is 0 Å². The highest BCUT2D eigenvalue weighted by atomic mass is 19.4. The minimum atomic E-state index is -4.90. The molecule has 1 atom stereocenters. The highest BCUT2D eigenvalue weighted by Crippen LogP contribution is 2.35. The topological polar surface area (TPSA) is 20.2 Å². The molecule has 0 aromatic heterocycles. The first kappa shape index (κ1) is 12.9. The van der Waals surface area contributed by atoms with E-state index >= 15 is 0 Å². The SMILES string of the molecule is CCC(O)c1c(F)ccc(C(F)(F)F)c1F. The van der Waals surface area contributed by atoms with Crippen molar-refractivity contribution in [2.75, 3.05) is 0 Å². The maximum absolute atomic E-state index is 13.3. The van der Waals surface area contributed by atoms with Crippen LogP contribution in [0.3, 0.4) is 0 Å². The van der Waals surface area contributed by atoms with Crippen LogP contribution in [0.2, 0.25) is 0 Å². The Morgan fingerprint density at radius 1 is 1.25 bits per heavy atom. The van der Waals surface area contributed by atoms with Gasteiger partial charge in [-0.15, -0.1) is 0 Å². The lowest BCUT2D eigenvalue weighted by atomic mass is 10.0. The normalized spacial score (nSPS) is 13.9. The summed E-state index contributed by atoms with van der Waals surface area (Å²) in [5.74, 6) is -2.93. The van der Waals surface area contributed by atoms with Crippen LogP contribution in [0.25, 0.3) is 0 Å². The third kappa shape index (κ3) is 2.32. The summed E-state index contributed by atoms with van der Waals surface area (Å²) in [5, 5.41) is 9.23. The van der Waals surface area contributed by atoms with E-state index in [1.165, 1.54) is 6.92 Å². The number of hydrogen-bond acceptors (Lipinski definition) is 1. The van der Waals surface area contributed by atoms with Gasteiger partial charge in [0.15, 0.2) is 0 Å². The van der Waals surface area contributed by atoms with Crippen LogP contribution in [0.1, 0.15) is 30.6 Å². The smallest absolute Gasteiger partial charge is 0.388 e. The molecule has 0 amide bonds. The Balaban J connectivity index is 3.39. The van der Waals surface area contributed by atoms with Gasteiger partial charge < -0.3 is 5.11 Å². The molecule has 0 heterocycles. The predicted molar refractivity (Wildman–Crippen MR) is 46.6 cm³/mol. The Bertz CT molecular complexity index is 386. The molecule has 1 nitrogen and oxygen atoms in total. The van der Waals surface area contributed by atoms with Crippen molar-refractivity contribution in [3.05, 3.63) is 34.9 Å². The third-order valence-corrected chi connectivity index (χ3v) is 2.15. The molecule has 0 radical (unpaired) electrons. The van der Waals surface area contributed by atoms with Crippen molar-refractivity contribution in [2.24, 2.45) is 0 Å². The Morgan fingerprint density at radius 3 is 2.25 bits per heavy atom. The predicted octanol–water partition coefficient (Wildman–Crippen LogP) is 3.43. The van der Waals surface area contributed by atoms with Crippen LogP contribution in [-0.4, -0.2) is 5.11 Å². The number of alkyl halides is 3. The maximum Gasteiger partial charge on any atom is 0.419 e. The van der Waals surface area contributed by atoms with Crippen molar-refractivity contribution < 1.29 is 27.1 Å². The van der Waals surface area contributed by atoms with E-state index in [1.54, 1.807) is 0 Å². The molecular weight excluding hydrogens is 231 g/mol. The summed E-state index contributed by atoms with van der Waals surface area (Å²) in [4.78, 5) is 0. The molecule has 0 fully saturated rings. The molecule has 1 aromatic carbocycles. The van der Waals surface area contributed by atoms with Crippen LogP contribution in [0.15, 0.2) is 12.1 Å². The molecule has 0 aliphatic rings. The van der Waals surface area contributed by atoms with Gasteiger partial charge >= 0.3 is 6.18 Å². The van der Waals surface area contributed by atoms with Crippen LogP contribution in [0.5, 0.6) is 0 Å². The number of rotatable bonds is 2. The van der Waals surface area contributed by atoms with Crippen molar-refractivity contribution in [2.45, 2.75) is 25.6 Å². The monoisotopic (exact) mass is 240 g/mol. The fourth-order valence-electron chi connectivity index (χ4n) is 1.30. The summed E-state index contributed by atoms with van der Waals surface area (Å²) in [6.07, 6.45) is -6.56. The lowest BCUT2D eigenvalue weighted by Gasteiger charge is -2.15. The molecule has 0 aliphatic heterocycles. The van der Waals surface area contributed by atoms with E-state index in [1.807, 2.05) is 0 Å². The van der Waals surface area contributed by atoms with Gasteiger partial charge in [0.2, 0.25) is 0 Å². The first-order valence-electron chi connectivity index (χ1n) is 4.52. The first-order valence-corrected chi connectivity index (χ1v) is 4.52. The summed E-state index contributed by atoms with van der Waals surface area (Å²) < 4.78 is 63.3. The van der Waals surface area contributed by atoms with Gasteiger partial charge in [-0.2, -0.15) is 13.2 Å². The van der Waals surface area contributed by atoms with Gasteiger partial charge in [-0.1, -0.05) is 6.92 Å². The van der Waals surface area contributed by atoms with Gasteiger partial charge in [0, 0.05) is 0 Å². The van der Waals surface area contributed by atoms with Crippen LogP contribution < -0.4 is 0 Å². The second kappa shape index (κ2) is 4.37. The Morgan fingerprint density at radius 2 is 1.81 bits per heavy atom. The van der Waals surface area contributed by atoms with E-state index < -0.39 is 35.0 Å². The van der Waals surface area contributed by atoms with Crippen LogP contribution in [0, 0.1) is 11.6 Å². The summed E-state index contributed by atoms with van der Waals surface area (Å²) in [7, 11) is 0. The highest BCUT2D eigenvalue weighted by molar-refractivity contribution is 5.31. The van der Waals surface area contributed by atoms with E-state index in [0.29, 0.717) is 12.1 Å². The van der Waals surface area contributed by atoms with Crippen molar-refractivity contribution in [3.63, 3.8) is 0 Å². The molecule has 0 spiro atoms. The number of benzene rings is 1. The Hall–Kier alpha value is -1.17. The van der Waals surface area contributed by atoms with Gasteiger partial charge in [-0.05, 0) is 18.6 Å². The van der Waals surface area contributed by atoms with Gasteiger partial charge in [0.05, 0.1) is 17.2 Å². The Kier molecular flexibility index (Phi) is 3.52. The van der Waals surface area contributed by atoms with Crippen LogP contribution in [0.4, 0.5) is 22.0 Å². The minimum Gasteiger partial charge on any atom is -0.388 e. The molecule has 16 heavy (non-hydrogen) atoms. The van der Waals surface area contributed by atoms with Crippen LogP contribution in [-0.2, 0) is 6.18 Å². The number of aliphatic hydroxyl groups excluding tert-OH is 1. The van der Waals surface area contributed by atoms with Crippen molar-refractivity contribution in [1.29, 1.82) is 0 Å². The van der Waals surface area contributed by atoms with Gasteiger partial charge in [-0.25, -0.2) is 8.78 Å². The molecule has 0 saturated carbocycles. The summed E-state index contributed by atoms with van der Waals surface area (Å²) in [6.45, 7) is 1.41. The fraction of sp³-hybridized carbons (Fsp3) is 0.400. The summed E-state index contributed by atoms with van der Waals surface area (Å²) >= 11 is 0. The Labute approximate surface area is 88.5 Å². The van der Waals surface area contributed by atoms with E-state index in [9.17, 15) is 27.1 Å². The first-order chi connectivity index (χ1) is 7.29. The molecule has 90 valence electrons. The zero-order chi connectivity index (χ0) is 12.5. The third-order valence-electron chi connectivity index (χ3n) is 2.15. The second-order valence-corrected chi connectivity index (χ2v) is 3.24. The number of aliphatic hydroxyl groups is 1. The zero-order valence-electron chi connectivity index (χ0n) is 8.28. The number of halogens is 5. The average Bonchev–Trinajstić information content (AvgIpc) is 2.15. The molecule has 0 saturated heterocycles. The standard InChI is InChI=1S/C10H9F5O/c1-2-7(16)8-6(11)4-3-5(9(8)12)10(13,14)15/h3-4,7,16H,2H2,1H3. The van der Waals surface area contributed by atoms with E-state index in [4.69, 9.17) is 0 Å². The van der Waals surface area contributed by atoms with Crippen molar-refractivity contribution in [1.82, 2.24) is 0 Å². The van der Waals surface area contributed by atoms with E-state index in [2.05, 4.69) is 0 Å². The molecule has 0 aliphatic carbocycles. The molecule has 1 unspecified atom stereocenters. The summed E-state index contributed by atoms with van der Waals surface area (Å²) in [5.41, 5.74) is -2.51. The van der Waals surface area contributed by atoms with E-state index in [0.717, 1.165) is 0 Å². The quantitative estimate of drug-likeness (QED) is 0.785. The largest absolute Gasteiger partial charge is 0.419 e. The van der Waals surface area contributed by atoms with Crippen LogP contribution >= 0.6 is 0 Å². The highest BCUT2D eigenvalue weighted by Gasteiger charge is 2.36. The molecule has 0 bridgehead atoms. The maximum atomic E-state index is 13.3. The fourth-order valence-corrected chi connectivity index (χ4v) is 1.30. The molecule has 1 aromatic rings. The zero-order valence-corrected chi connectivity index (χ0v) is 8.28. The lowest BCUT2D eigenvalue weighted by molar-refractivity contribution is -0.140. The van der Waals surface area contributed by atoms with E-state index in [-0.39, 0.29) is 6.42 Å². The average molecular weight is 240 g/mol. The van der Waals surface area contributed by atoms with Gasteiger partial charge in [0.1, 0.15) is 11.6 Å². The lowest BCUT2D eigenvalue weighted by Crippen LogP contribution is -2.13.